The first-order chi connectivity index (χ1) is 13.4. The van der Waals surface area contributed by atoms with E-state index in [1.54, 1.807) is 37.7 Å². The first-order valence-electron chi connectivity index (χ1n) is 8.76. The smallest absolute Gasteiger partial charge is 0.412 e. The molecule has 0 spiro atoms. The number of aromatic carboxylic acids is 1. The van der Waals surface area contributed by atoms with Crippen LogP contribution < -0.4 is 5.32 Å². The van der Waals surface area contributed by atoms with Crippen molar-refractivity contribution in [1.29, 1.82) is 0 Å². The zero-order valence-corrected chi connectivity index (χ0v) is 15.8. The number of ether oxygens (including phenoxy) is 1. The number of nitrogens with zero attached hydrogens (tertiary/aromatic N) is 2. The summed E-state index contributed by atoms with van der Waals surface area (Å²) in [4.78, 5) is 23.5. The summed E-state index contributed by atoms with van der Waals surface area (Å²) < 4.78 is 7.12. The van der Waals surface area contributed by atoms with E-state index in [9.17, 15) is 9.59 Å². The number of hydrogen-bond acceptors (Lipinski definition) is 4. The summed E-state index contributed by atoms with van der Waals surface area (Å²) >= 11 is 0. The summed E-state index contributed by atoms with van der Waals surface area (Å²) in [5.41, 5.74) is 3.64. The Morgan fingerprint density at radius 1 is 1.11 bits per heavy atom. The Morgan fingerprint density at radius 3 is 2.36 bits per heavy atom. The van der Waals surface area contributed by atoms with Crippen molar-refractivity contribution in [1.82, 2.24) is 9.78 Å². The van der Waals surface area contributed by atoms with Crippen LogP contribution in [0.5, 0.6) is 0 Å². The molecule has 1 unspecified atom stereocenters. The van der Waals surface area contributed by atoms with Crippen LogP contribution >= 0.6 is 0 Å². The van der Waals surface area contributed by atoms with E-state index in [2.05, 4.69) is 10.4 Å². The molecule has 0 aliphatic heterocycles. The highest BCUT2D eigenvalue weighted by Crippen LogP contribution is 2.31. The Balaban J connectivity index is 1.82. The van der Waals surface area contributed by atoms with Crippen LogP contribution in [0.1, 0.15) is 34.6 Å². The molecule has 7 heteroatoms. The van der Waals surface area contributed by atoms with Gasteiger partial charge >= 0.3 is 12.1 Å². The van der Waals surface area contributed by atoms with Crippen LogP contribution in [0.3, 0.4) is 0 Å². The maximum absolute atomic E-state index is 12.4. The molecular weight excluding hydrogens is 358 g/mol. The molecule has 0 radical (unpaired) electrons. The molecule has 2 N–H and O–H groups in total. The molecule has 1 heterocycles. The number of aromatic nitrogens is 2. The maximum Gasteiger partial charge on any atom is 0.412 e. The average molecular weight is 379 g/mol. The predicted octanol–water partition coefficient (Wildman–Crippen LogP) is 4.40. The molecular formula is C21H21N3O4. The van der Waals surface area contributed by atoms with Gasteiger partial charge in [0.15, 0.2) is 0 Å². The van der Waals surface area contributed by atoms with Gasteiger partial charge < -0.3 is 9.84 Å². The second kappa shape index (κ2) is 7.96. The summed E-state index contributed by atoms with van der Waals surface area (Å²) in [7, 11) is 1.76. The van der Waals surface area contributed by atoms with Gasteiger partial charge in [-0.3, -0.25) is 10.00 Å². The van der Waals surface area contributed by atoms with E-state index < -0.39 is 18.2 Å². The molecule has 1 aromatic heterocycles. The molecule has 0 bridgehead atoms. The number of anilines is 1. The van der Waals surface area contributed by atoms with E-state index in [0.29, 0.717) is 17.1 Å². The highest BCUT2D eigenvalue weighted by Gasteiger charge is 2.20. The minimum absolute atomic E-state index is 0.188. The summed E-state index contributed by atoms with van der Waals surface area (Å²) in [5, 5.41) is 16.2. The Morgan fingerprint density at radius 2 is 1.75 bits per heavy atom. The molecule has 0 saturated carbocycles. The molecule has 1 amide bonds. The zero-order valence-electron chi connectivity index (χ0n) is 15.8. The van der Waals surface area contributed by atoms with E-state index in [1.165, 1.54) is 12.1 Å². The summed E-state index contributed by atoms with van der Waals surface area (Å²) in [6.45, 7) is 3.59. The third-order valence-electron chi connectivity index (χ3n) is 4.41. The third kappa shape index (κ3) is 4.03. The van der Waals surface area contributed by atoms with Crippen molar-refractivity contribution in [3.8, 4) is 11.3 Å². The summed E-state index contributed by atoms with van der Waals surface area (Å²) in [5.74, 6) is -0.996. The lowest BCUT2D eigenvalue weighted by atomic mass is 10.1. The van der Waals surface area contributed by atoms with E-state index in [-0.39, 0.29) is 5.56 Å². The van der Waals surface area contributed by atoms with Gasteiger partial charge in [-0.15, -0.1) is 0 Å². The molecule has 7 nitrogen and oxygen atoms in total. The molecule has 0 saturated heterocycles. The van der Waals surface area contributed by atoms with Crippen LogP contribution in [-0.2, 0) is 11.8 Å². The van der Waals surface area contributed by atoms with Gasteiger partial charge in [-0.1, -0.05) is 42.5 Å². The summed E-state index contributed by atoms with van der Waals surface area (Å²) in [6.07, 6.45) is -0.993. The van der Waals surface area contributed by atoms with Gasteiger partial charge in [0, 0.05) is 12.6 Å². The monoisotopic (exact) mass is 379 g/mol. The fourth-order valence-corrected chi connectivity index (χ4v) is 2.99. The van der Waals surface area contributed by atoms with Gasteiger partial charge in [-0.05, 0) is 31.5 Å². The maximum atomic E-state index is 12.4. The van der Waals surface area contributed by atoms with Gasteiger partial charge in [0.05, 0.1) is 22.6 Å². The molecule has 0 aliphatic carbocycles. The molecule has 0 aliphatic rings. The number of amides is 1. The van der Waals surface area contributed by atoms with Gasteiger partial charge in [-0.2, -0.15) is 5.10 Å². The van der Waals surface area contributed by atoms with Crippen molar-refractivity contribution >= 4 is 17.7 Å². The second-order valence-corrected chi connectivity index (χ2v) is 6.40. The topological polar surface area (TPSA) is 93.5 Å². The van der Waals surface area contributed by atoms with E-state index in [1.807, 2.05) is 30.3 Å². The van der Waals surface area contributed by atoms with Crippen molar-refractivity contribution in [2.75, 3.05) is 5.32 Å². The molecule has 2 aromatic carbocycles. The van der Waals surface area contributed by atoms with Crippen molar-refractivity contribution < 1.29 is 19.4 Å². The SMILES string of the molecule is Cc1nn(C)c(-c2ccc(C(=O)O)cc2)c1NC(=O)OC(C)c1ccccc1. The molecule has 144 valence electrons. The highest BCUT2D eigenvalue weighted by molar-refractivity contribution is 5.92. The second-order valence-electron chi connectivity index (χ2n) is 6.40. The fourth-order valence-electron chi connectivity index (χ4n) is 2.99. The van der Waals surface area contributed by atoms with Crippen LogP contribution in [0.15, 0.2) is 54.6 Å². The minimum Gasteiger partial charge on any atom is -0.478 e. The molecule has 0 fully saturated rings. The Bertz CT molecular complexity index is 994. The molecule has 3 rings (SSSR count). The van der Waals surface area contributed by atoms with E-state index in [0.717, 1.165) is 11.1 Å². The lowest BCUT2D eigenvalue weighted by Crippen LogP contribution is -2.17. The Kier molecular flexibility index (Phi) is 5.44. The fraction of sp³-hybridized carbons (Fsp3) is 0.190. The number of hydrogen-bond donors (Lipinski definition) is 2. The van der Waals surface area contributed by atoms with Crippen LogP contribution in [0, 0.1) is 6.92 Å². The normalized spacial score (nSPS) is 11.7. The van der Waals surface area contributed by atoms with E-state index >= 15 is 0 Å². The van der Waals surface area contributed by atoms with Gasteiger partial charge in [0.1, 0.15) is 6.10 Å². The molecule has 3 aromatic rings. The number of benzene rings is 2. The van der Waals surface area contributed by atoms with Crippen molar-refractivity contribution in [2.24, 2.45) is 7.05 Å². The van der Waals surface area contributed by atoms with Gasteiger partial charge in [-0.25, -0.2) is 9.59 Å². The van der Waals surface area contributed by atoms with Gasteiger partial charge in [0.2, 0.25) is 0 Å². The number of carboxylic acid groups (broad SMARTS) is 1. The number of nitrogens with one attached hydrogen (secondary N) is 1. The van der Waals surface area contributed by atoms with Crippen LogP contribution in [0.2, 0.25) is 0 Å². The quantitative estimate of drug-likeness (QED) is 0.685. The third-order valence-corrected chi connectivity index (χ3v) is 4.41. The average Bonchev–Trinajstić information content (AvgIpc) is 2.95. The highest BCUT2D eigenvalue weighted by atomic mass is 16.6. The van der Waals surface area contributed by atoms with Crippen molar-refractivity contribution in [3.63, 3.8) is 0 Å². The van der Waals surface area contributed by atoms with Crippen LogP contribution in [0.25, 0.3) is 11.3 Å². The van der Waals surface area contributed by atoms with Gasteiger partial charge in [0.25, 0.3) is 0 Å². The first-order valence-corrected chi connectivity index (χ1v) is 8.76. The lowest BCUT2D eigenvalue weighted by Gasteiger charge is -2.15. The number of carbonyl (C=O) groups is 2. The van der Waals surface area contributed by atoms with Crippen molar-refractivity contribution in [2.45, 2.75) is 20.0 Å². The van der Waals surface area contributed by atoms with Crippen molar-refractivity contribution in [3.05, 3.63) is 71.4 Å². The van der Waals surface area contributed by atoms with E-state index in [4.69, 9.17) is 9.84 Å². The molecule has 28 heavy (non-hydrogen) atoms. The minimum atomic E-state index is -0.996. The molecule has 1 atom stereocenters. The van der Waals surface area contributed by atoms with Crippen LogP contribution in [0.4, 0.5) is 10.5 Å². The lowest BCUT2D eigenvalue weighted by molar-refractivity contribution is 0.0696. The largest absolute Gasteiger partial charge is 0.478 e. The first kappa shape index (κ1) is 19.2. The Labute approximate surface area is 162 Å². The predicted molar refractivity (Wildman–Crippen MR) is 105 cm³/mol. The Hall–Kier alpha value is -3.61. The zero-order chi connectivity index (χ0) is 20.3. The number of rotatable bonds is 5. The van der Waals surface area contributed by atoms with Crippen LogP contribution in [-0.4, -0.2) is 26.9 Å². The standard InChI is InChI=1S/C21H21N3O4/c1-13-18(22-21(27)28-14(2)15-7-5-4-6-8-15)19(24(3)23-13)16-9-11-17(12-10-16)20(25)26/h4-12,14H,1-3H3,(H,22,27)(H,25,26). The number of carboxylic acids is 1. The summed E-state index contributed by atoms with van der Waals surface area (Å²) in [6, 6.07) is 15.8. The number of aryl methyl sites for hydroxylation is 2. The number of carbonyl (C=O) groups excluding carboxylic acids is 1.